The van der Waals surface area contributed by atoms with Gasteiger partial charge in [-0.1, -0.05) is 46.3 Å². The number of esters is 1. The second-order valence-corrected chi connectivity index (χ2v) is 4.91. The van der Waals surface area contributed by atoms with Gasteiger partial charge in [0.2, 0.25) is 0 Å². The lowest BCUT2D eigenvalue weighted by molar-refractivity contribution is -0.263. The Bertz CT molecular complexity index is 454. The topological polar surface area (TPSA) is 26.3 Å². The van der Waals surface area contributed by atoms with E-state index in [9.17, 15) is 31.1 Å². The summed E-state index contributed by atoms with van der Waals surface area (Å²) in [6, 6.07) is 7.37. The molecule has 0 saturated carbocycles. The number of alkyl halides is 7. The van der Waals surface area contributed by atoms with E-state index in [1.54, 1.807) is 6.07 Å². The van der Waals surface area contributed by atoms with Gasteiger partial charge in [-0.05, 0) is 5.56 Å². The summed E-state index contributed by atoms with van der Waals surface area (Å²) < 4.78 is 74.4. The Kier molecular flexibility index (Phi) is 4.73. The summed E-state index contributed by atoms with van der Waals surface area (Å²) in [6.07, 6.45) is -11.8. The predicted octanol–water partition coefficient (Wildman–Crippen LogP) is 3.99. The third-order valence-electron chi connectivity index (χ3n) is 2.28. The smallest absolute Gasteiger partial charge is 0.423 e. The average Bonchev–Trinajstić information content (AvgIpc) is 2.33. The van der Waals surface area contributed by atoms with Gasteiger partial charge in [0, 0.05) is 0 Å². The molecule has 1 aromatic carbocycles. The lowest BCUT2D eigenvalue weighted by Crippen LogP contribution is -2.58. The molecular weight excluding hydrogens is 358 g/mol. The van der Waals surface area contributed by atoms with Crippen LogP contribution in [0.25, 0.3) is 0 Å². The zero-order valence-corrected chi connectivity index (χ0v) is 11.1. The van der Waals surface area contributed by atoms with Crippen molar-refractivity contribution in [1.29, 1.82) is 0 Å². The molecule has 0 radical (unpaired) electrons. The fourth-order valence-electron chi connectivity index (χ4n) is 1.21. The normalized spacial score (nSPS) is 13.2. The SMILES string of the molecule is O=C(OCc1ccccc1)C(Br)(C(F)(F)F)C(F)(F)F. The summed E-state index contributed by atoms with van der Waals surface area (Å²) in [4.78, 5) is 11.2. The van der Waals surface area contributed by atoms with Crippen LogP contribution >= 0.6 is 15.9 Å². The van der Waals surface area contributed by atoms with Crippen LogP contribution in [0.1, 0.15) is 5.56 Å². The molecule has 0 atom stereocenters. The lowest BCUT2D eigenvalue weighted by atomic mass is 10.1. The van der Waals surface area contributed by atoms with Gasteiger partial charge in [-0.25, -0.2) is 4.79 Å². The zero-order chi connectivity index (χ0) is 15.6. The van der Waals surface area contributed by atoms with Gasteiger partial charge < -0.3 is 4.74 Å². The fourth-order valence-corrected chi connectivity index (χ4v) is 1.33. The Morgan fingerprint density at radius 1 is 1.00 bits per heavy atom. The van der Waals surface area contributed by atoms with Gasteiger partial charge in [0.1, 0.15) is 6.61 Å². The van der Waals surface area contributed by atoms with E-state index < -0.39 is 29.3 Å². The zero-order valence-electron chi connectivity index (χ0n) is 9.56. The Morgan fingerprint density at radius 3 is 1.85 bits per heavy atom. The minimum atomic E-state index is -5.88. The largest absolute Gasteiger partial charge is 0.459 e. The van der Waals surface area contributed by atoms with Crippen LogP contribution in [0.4, 0.5) is 26.3 Å². The standard InChI is InChI=1S/C11H7BrF6O2/c12-9(10(13,14)15,11(16,17)18)8(19)20-6-7-4-2-1-3-5-7/h1-5H,6H2. The molecule has 0 saturated heterocycles. The van der Waals surface area contributed by atoms with E-state index in [0.29, 0.717) is 0 Å². The quantitative estimate of drug-likeness (QED) is 0.460. The number of hydrogen-bond donors (Lipinski definition) is 0. The lowest BCUT2D eigenvalue weighted by Gasteiger charge is -2.29. The molecule has 112 valence electrons. The van der Waals surface area contributed by atoms with Crippen molar-refractivity contribution in [2.75, 3.05) is 0 Å². The molecule has 0 fully saturated rings. The minimum absolute atomic E-state index is 0.264. The van der Waals surface area contributed by atoms with Gasteiger partial charge in [0.05, 0.1) is 0 Å². The molecule has 1 aromatic rings. The first kappa shape index (κ1) is 16.8. The highest BCUT2D eigenvalue weighted by atomic mass is 79.9. The first-order valence-corrected chi connectivity index (χ1v) is 5.83. The molecule has 1 rings (SSSR count). The van der Waals surface area contributed by atoms with E-state index in [1.165, 1.54) is 40.2 Å². The fraction of sp³-hybridized carbons (Fsp3) is 0.364. The maximum absolute atomic E-state index is 12.5. The maximum Gasteiger partial charge on any atom is 0.423 e. The van der Waals surface area contributed by atoms with Gasteiger partial charge in [-0.15, -0.1) is 0 Å². The molecule has 20 heavy (non-hydrogen) atoms. The summed E-state index contributed by atoms with van der Waals surface area (Å²) >= 11 is 1.44. The molecule has 0 aliphatic heterocycles. The molecule has 0 unspecified atom stereocenters. The van der Waals surface area contributed by atoms with E-state index in [4.69, 9.17) is 0 Å². The number of ether oxygens (including phenoxy) is 1. The summed E-state index contributed by atoms with van der Waals surface area (Å²) in [5.74, 6) is -2.46. The number of benzene rings is 1. The van der Waals surface area contributed by atoms with Crippen LogP contribution in [-0.4, -0.2) is 22.6 Å². The molecule has 0 bridgehead atoms. The Morgan fingerprint density at radius 2 is 1.45 bits per heavy atom. The van der Waals surface area contributed by atoms with Crippen molar-refractivity contribution >= 4 is 21.9 Å². The summed E-state index contributed by atoms with van der Waals surface area (Å²) in [6.45, 7) is -0.695. The molecule has 0 N–H and O–H groups in total. The van der Waals surface area contributed by atoms with Crippen molar-refractivity contribution in [2.45, 2.75) is 23.3 Å². The second kappa shape index (κ2) is 5.63. The maximum atomic E-state index is 12.5. The summed E-state index contributed by atoms with van der Waals surface area (Å²) in [7, 11) is 0. The number of halogens is 7. The molecule has 0 aromatic heterocycles. The molecule has 0 aliphatic rings. The van der Waals surface area contributed by atoms with Crippen LogP contribution in [0.15, 0.2) is 30.3 Å². The third-order valence-corrected chi connectivity index (χ3v) is 3.50. The van der Waals surface area contributed by atoms with Gasteiger partial charge in [0.15, 0.2) is 0 Å². The highest BCUT2D eigenvalue weighted by molar-refractivity contribution is 9.10. The van der Waals surface area contributed by atoms with Gasteiger partial charge in [0.25, 0.3) is 0 Å². The second-order valence-electron chi connectivity index (χ2n) is 3.72. The Labute approximate surface area is 117 Å². The molecule has 2 nitrogen and oxygen atoms in total. The third kappa shape index (κ3) is 3.25. The molecule has 0 amide bonds. The highest BCUT2D eigenvalue weighted by Crippen LogP contribution is 2.50. The van der Waals surface area contributed by atoms with Crippen molar-refractivity contribution in [3.05, 3.63) is 35.9 Å². The van der Waals surface area contributed by atoms with Crippen LogP contribution in [-0.2, 0) is 16.1 Å². The van der Waals surface area contributed by atoms with Gasteiger partial charge in [-0.3, -0.25) is 0 Å². The summed E-state index contributed by atoms with van der Waals surface area (Å²) in [5, 5.41) is 0. The van der Waals surface area contributed by atoms with E-state index >= 15 is 0 Å². The van der Waals surface area contributed by atoms with Crippen molar-refractivity contribution in [2.24, 2.45) is 0 Å². The number of rotatable bonds is 3. The minimum Gasteiger partial charge on any atom is -0.459 e. The number of hydrogen-bond acceptors (Lipinski definition) is 2. The number of carbonyl (C=O) groups is 1. The van der Waals surface area contributed by atoms with Crippen molar-refractivity contribution < 1.29 is 35.9 Å². The Hall–Kier alpha value is -1.25. The molecule has 0 aliphatic carbocycles. The molecular formula is C11H7BrF6O2. The monoisotopic (exact) mass is 364 g/mol. The van der Waals surface area contributed by atoms with Crippen LogP contribution in [0.2, 0.25) is 0 Å². The van der Waals surface area contributed by atoms with E-state index in [-0.39, 0.29) is 5.56 Å². The van der Waals surface area contributed by atoms with Crippen molar-refractivity contribution in [3.63, 3.8) is 0 Å². The molecule has 0 heterocycles. The van der Waals surface area contributed by atoms with E-state index in [1.807, 2.05) is 0 Å². The van der Waals surface area contributed by atoms with Gasteiger partial charge in [-0.2, -0.15) is 26.3 Å². The number of carbonyl (C=O) groups excluding carboxylic acids is 1. The van der Waals surface area contributed by atoms with Crippen molar-refractivity contribution in [3.8, 4) is 0 Å². The van der Waals surface area contributed by atoms with E-state index in [2.05, 4.69) is 4.74 Å². The molecule has 9 heteroatoms. The average molecular weight is 365 g/mol. The van der Waals surface area contributed by atoms with Crippen LogP contribution in [0.5, 0.6) is 0 Å². The highest BCUT2D eigenvalue weighted by Gasteiger charge is 2.75. The van der Waals surface area contributed by atoms with E-state index in [0.717, 1.165) is 0 Å². The summed E-state index contributed by atoms with van der Waals surface area (Å²) in [5.41, 5.74) is 0.264. The van der Waals surface area contributed by atoms with Crippen molar-refractivity contribution in [1.82, 2.24) is 0 Å². The Balaban J connectivity index is 2.92. The first-order valence-electron chi connectivity index (χ1n) is 5.03. The molecule has 0 spiro atoms. The van der Waals surface area contributed by atoms with Crippen LogP contribution in [0, 0.1) is 0 Å². The van der Waals surface area contributed by atoms with Crippen LogP contribution in [0.3, 0.4) is 0 Å². The first-order chi connectivity index (χ1) is 9.00. The van der Waals surface area contributed by atoms with Gasteiger partial charge >= 0.3 is 22.6 Å². The van der Waals surface area contributed by atoms with Crippen LogP contribution < -0.4 is 0 Å². The predicted molar refractivity (Wildman–Crippen MR) is 60.0 cm³/mol.